The van der Waals surface area contributed by atoms with Gasteiger partial charge in [0, 0.05) is 11.6 Å². The predicted molar refractivity (Wildman–Crippen MR) is 82.9 cm³/mol. The van der Waals surface area contributed by atoms with Crippen molar-refractivity contribution in [2.75, 3.05) is 0 Å². The molecular weight excluding hydrogens is 431 g/mol. The van der Waals surface area contributed by atoms with Gasteiger partial charge in [0.05, 0.1) is 11.1 Å². The van der Waals surface area contributed by atoms with Gasteiger partial charge < -0.3 is 4.74 Å². The second-order valence-electron chi connectivity index (χ2n) is 5.68. The first-order valence-corrected chi connectivity index (χ1v) is 7.72. The number of benzene rings is 3. The minimum absolute atomic E-state index is 0.00729. The summed E-state index contributed by atoms with van der Waals surface area (Å²) in [6.45, 7) is 0. The normalized spacial score (nSPS) is 11.0. The summed E-state index contributed by atoms with van der Waals surface area (Å²) in [4.78, 5) is 12.3. The Bertz CT molecular complexity index is 1160. The predicted octanol–water partition coefficient (Wildman–Crippen LogP) is 5.82. The standard InChI is InChI=1S/C19H5F9O2/c20-8-5-9(12(22)15(25)11(8)21)30-19(29)7-4-2-1-3-6(7)10-13(23)16(26)18(28)17(27)14(10)24/h1-5H. The van der Waals surface area contributed by atoms with Gasteiger partial charge >= 0.3 is 5.97 Å². The molecule has 0 N–H and O–H groups in total. The maximum absolute atomic E-state index is 14.1. The second kappa shape index (κ2) is 7.73. The molecule has 0 fully saturated rings. The number of rotatable bonds is 3. The first-order valence-electron chi connectivity index (χ1n) is 7.72. The quantitative estimate of drug-likeness (QED) is 0.170. The molecule has 11 heteroatoms. The second-order valence-corrected chi connectivity index (χ2v) is 5.68. The van der Waals surface area contributed by atoms with Crippen molar-refractivity contribution in [3.63, 3.8) is 0 Å². The van der Waals surface area contributed by atoms with Gasteiger partial charge in [-0.1, -0.05) is 18.2 Å². The van der Waals surface area contributed by atoms with E-state index in [0.29, 0.717) is 0 Å². The SMILES string of the molecule is O=C(Oc1cc(F)c(F)c(F)c1F)c1ccccc1-c1c(F)c(F)c(F)c(F)c1F. The van der Waals surface area contributed by atoms with Gasteiger partial charge in [-0.2, -0.15) is 4.39 Å². The zero-order chi connectivity index (χ0) is 22.3. The van der Waals surface area contributed by atoms with E-state index >= 15 is 0 Å². The summed E-state index contributed by atoms with van der Waals surface area (Å²) in [6, 6.07) is 3.75. The van der Waals surface area contributed by atoms with Crippen molar-refractivity contribution >= 4 is 5.97 Å². The van der Waals surface area contributed by atoms with Crippen molar-refractivity contribution in [3.05, 3.63) is 88.3 Å². The molecule has 3 rings (SSSR count). The molecule has 0 aliphatic carbocycles. The van der Waals surface area contributed by atoms with E-state index in [1.165, 1.54) is 0 Å². The van der Waals surface area contributed by atoms with Gasteiger partial charge in [0.25, 0.3) is 0 Å². The summed E-state index contributed by atoms with van der Waals surface area (Å²) in [5.41, 5.74) is -3.18. The van der Waals surface area contributed by atoms with Gasteiger partial charge in [-0.05, 0) is 6.07 Å². The highest BCUT2D eigenvalue weighted by atomic mass is 19.2. The number of hydrogen-bond donors (Lipinski definition) is 0. The molecule has 0 aromatic heterocycles. The van der Waals surface area contributed by atoms with Crippen LogP contribution < -0.4 is 4.74 Å². The minimum Gasteiger partial charge on any atom is -0.420 e. The number of carbonyl (C=O) groups excluding carboxylic acids is 1. The molecule has 156 valence electrons. The van der Waals surface area contributed by atoms with Crippen LogP contribution in [0.5, 0.6) is 5.75 Å². The Morgan fingerprint density at radius 2 is 1.13 bits per heavy atom. The average molecular weight is 436 g/mol. The molecule has 0 radical (unpaired) electrons. The molecular formula is C19H5F9O2. The van der Waals surface area contributed by atoms with E-state index in [9.17, 15) is 44.3 Å². The number of esters is 1. The Labute approximate surface area is 161 Å². The molecule has 0 saturated heterocycles. The number of halogens is 9. The average Bonchev–Trinajstić information content (AvgIpc) is 2.73. The largest absolute Gasteiger partial charge is 0.420 e. The topological polar surface area (TPSA) is 26.3 Å². The molecule has 0 atom stereocenters. The lowest BCUT2D eigenvalue weighted by atomic mass is 9.98. The number of hydrogen-bond acceptors (Lipinski definition) is 2. The summed E-state index contributed by atoms with van der Waals surface area (Å²) < 4.78 is 126. The highest BCUT2D eigenvalue weighted by Gasteiger charge is 2.30. The van der Waals surface area contributed by atoms with E-state index in [1.54, 1.807) is 0 Å². The van der Waals surface area contributed by atoms with Crippen molar-refractivity contribution in [1.82, 2.24) is 0 Å². The molecule has 0 saturated carbocycles. The van der Waals surface area contributed by atoms with Crippen molar-refractivity contribution in [2.45, 2.75) is 0 Å². The summed E-state index contributed by atoms with van der Waals surface area (Å²) in [5, 5.41) is 0. The van der Waals surface area contributed by atoms with E-state index in [2.05, 4.69) is 4.74 Å². The highest BCUT2D eigenvalue weighted by Crippen LogP contribution is 2.34. The van der Waals surface area contributed by atoms with Crippen LogP contribution in [0.2, 0.25) is 0 Å². The molecule has 3 aromatic rings. The fraction of sp³-hybridized carbons (Fsp3) is 0. The van der Waals surface area contributed by atoms with Gasteiger partial charge in [-0.3, -0.25) is 0 Å². The van der Waals surface area contributed by atoms with E-state index < -0.39 is 80.8 Å². The molecule has 0 spiro atoms. The fourth-order valence-corrected chi connectivity index (χ4v) is 2.50. The van der Waals surface area contributed by atoms with Crippen molar-refractivity contribution in [2.24, 2.45) is 0 Å². The number of carbonyl (C=O) groups is 1. The van der Waals surface area contributed by atoms with E-state index in [-0.39, 0.29) is 6.07 Å². The third-order valence-electron chi connectivity index (χ3n) is 3.90. The third-order valence-corrected chi connectivity index (χ3v) is 3.90. The molecule has 0 aliphatic rings. The molecule has 0 unspecified atom stereocenters. The van der Waals surface area contributed by atoms with Crippen molar-refractivity contribution < 1.29 is 49.0 Å². The van der Waals surface area contributed by atoms with Gasteiger partial charge in [0.1, 0.15) is 0 Å². The Morgan fingerprint density at radius 3 is 1.73 bits per heavy atom. The highest BCUT2D eigenvalue weighted by molar-refractivity contribution is 5.98. The lowest BCUT2D eigenvalue weighted by Crippen LogP contribution is -2.14. The van der Waals surface area contributed by atoms with Gasteiger partial charge in [-0.25, -0.2) is 39.9 Å². The van der Waals surface area contributed by atoms with Crippen LogP contribution in [0.1, 0.15) is 10.4 Å². The Kier molecular flexibility index (Phi) is 5.47. The lowest BCUT2D eigenvalue weighted by molar-refractivity contribution is 0.0726. The Hall–Kier alpha value is -3.50. The summed E-state index contributed by atoms with van der Waals surface area (Å²) >= 11 is 0. The maximum Gasteiger partial charge on any atom is 0.344 e. The van der Waals surface area contributed by atoms with Crippen LogP contribution in [-0.2, 0) is 0 Å². The fourth-order valence-electron chi connectivity index (χ4n) is 2.50. The van der Waals surface area contributed by atoms with E-state index in [0.717, 1.165) is 24.3 Å². The molecule has 0 aliphatic heterocycles. The van der Waals surface area contributed by atoms with Crippen LogP contribution in [0, 0.1) is 52.4 Å². The van der Waals surface area contributed by atoms with Crippen LogP contribution in [-0.4, -0.2) is 5.97 Å². The van der Waals surface area contributed by atoms with Gasteiger partial charge in [0.2, 0.25) is 17.5 Å². The van der Waals surface area contributed by atoms with E-state index in [4.69, 9.17) is 0 Å². The monoisotopic (exact) mass is 436 g/mol. The molecule has 0 heterocycles. The van der Waals surface area contributed by atoms with E-state index in [1.807, 2.05) is 0 Å². The lowest BCUT2D eigenvalue weighted by Gasteiger charge is -2.13. The molecule has 0 amide bonds. The van der Waals surface area contributed by atoms with Crippen molar-refractivity contribution in [1.29, 1.82) is 0 Å². The summed E-state index contributed by atoms with van der Waals surface area (Å²) in [6.07, 6.45) is 0. The molecule has 30 heavy (non-hydrogen) atoms. The Morgan fingerprint density at radius 1 is 0.633 bits per heavy atom. The molecule has 3 aromatic carbocycles. The van der Waals surface area contributed by atoms with Gasteiger partial charge in [0.15, 0.2) is 40.7 Å². The van der Waals surface area contributed by atoms with Crippen LogP contribution in [0.4, 0.5) is 39.5 Å². The zero-order valence-electron chi connectivity index (χ0n) is 14.1. The summed E-state index contributed by atoms with van der Waals surface area (Å²) in [5.74, 6) is -23.1. The van der Waals surface area contributed by atoms with Crippen molar-refractivity contribution in [3.8, 4) is 16.9 Å². The van der Waals surface area contributed by atoms with Crippen LogP contribution in [0.3, 0.4) is 0 Å². The smallest absolute Gasteiger partial charge is 0.344 e. The molecule has 0 bridgehead atoms. The summed E-state index contributed by atoms with van der Waals surface area (Å²) in [7, 11) is 0. The third kappa shape index (κ3) is 3.36. The van der Waals surface area contributed by atoms with Crippen LogP contribution in [0.15, 0.2) is 30.3 Å². The van der Waals surface area contributed by atoms with Crippen LogP contribution in [0.25, 0.3) is 11.1 Å². The molecule has 2 nitrogen and oxygen atoms in total. The zero-order valence-corrected chi connectivity index (χ0v) is 14.1. The first-order chi connectivity index (χ1) is 14.1. The first kappa shape index (κ1) is 21.2. The number of ether oxygens (including phenoxy) is 1. The van der Waals surface area contributed by atoms with Gasteiger partial charge in [-0.15, -0.1) is 0 Å². The maximum atomic E-state index is 14.1. The van der Waals surface area contributed by atoms with Crippen LogP contribution >= 0.6 is 0 Å². The Balaban J connectivity index is 2.14. The minimum atomic E-state index is -2.44.